The summed E-state index contributed by atoms with van der Waals surface area (Å²) in [6.45, 7) is 2.36. The van der Waals surface area contributed by atoms with Crippen molar-refractivity contribution >= 4 is 23.6 Å². The van der Waals surface area contributed by atoms with Crippen LogP contribution in [0.15, 0.2) is 42.5 Å². The van der Waals surface area contributed by atoms with Gasteiger partial charge < -0.3 is 29.9 Å². The van der Waals surface area contributed by atoms with Gasteiger partial charge in [-0.1, -0.05) is 18.2 Å². The smallest absolute Gasteiger partial charge is 0.416 e. The molecule has 44 heavy (non-hydrogen) atoms. The minimum absolute atomic E-state index is 0.0287. The van der Waals surface area contributed by atoms with Crippen LogP contribution in [-0.2, 0) is 15.8 Å². The number of nitrogens with one attached hydrogen (secondary N) is 1. The molecule has 2 atom stereocenters. The zero-order valence-electron chi connectivity index (χ0n) is 25.0. The predicted octanol–water partition coefficient (Wildman–Crippen LogP) is 4.78. The molecule has 0 bridgehead atoms. The van der Waals surface area contributed by atoms with E-state index in [1.165, 1.54) is 6.07 Å². The molecule has 3 amide bonds. The van der Waals surface area contributed by atoms with Crippen molar-refractivity contribution in [2.75, 3.05) is 58.3 Å². The van der Waals surface area contributed by atoms with Crippen molar-refractivity contribution < 1.29 is 37.4 Å². The van der Waals surface area contributed by atoms with Gasteiger partial charge in [0.2, 0.25) is 5.91 Å². The summed E-state index contributed by atoms with van der Waals surface area (Å²) in [6, 6.07) is 11.2. The molecule has 0 aromatic heterocycles. The van der Waals surface area contributed by atoms with Gasteiger partial charge in [0.15, 0.2) is 0 Å². The molecule has 3 heterocycles. The van der Waals surface area contributed by atoms with Gasteiger partial charge in [0.05, 0.1) is 24.5 Å². The summed E-state index contributed by atoms with van der Waals surface area (Å²) in [5, 5.41) is 12.0. The Morgan fingerprint density at radius 3 is 2.14 bits per heavy atom. The summed E-state index contributed by atoms with van der Waals surface area (Å²) in [5.41, 5.74) is 1.54. The number of halogens is 3. The minimum Gasteiger partial charge on any atom is -0.497 e. The number of carboxylic acid groups (broad SMARTS) is 1. The Morgan fingerprint density at radius 1 is 0.909 bits per heavy atom. The third-order valence-electron chi connectivity index (χ3n) is 9.47. The molecular weight excluding hydrogens is 577 g/mol. The molecule has 0 unspecified atom stereocenters. The van der Waals surface area contributed by atoms with E-state index < -0.39 is 29.5 Å². The molecule has 0 aliphatic carbocycles. The summed E-state index contributed by atoms with van der Waals surface area (Å²) in [5.74, 6) is -1.34. The summed E-state index contributed by atoms with van der Waals surface area (Å²) in [7, 11) is 3.15. The molecule has 2 N–H and O–H groups in total. The Kier molecular flexibility index (Phi) is 9.26. The van der Waals surface area contributed by atoms with Crippen LogP contribution in [-0.4, -0.2) is 86.2 Å². The lowest BCUT2D eigenvalue weighted by molar-refractivity contribution is -0.142. The average Bonchev–Trinajstić information content (AvgIpc) is 3.49. The predicted molar refractivity (Wildman–Crippen MR) is 158 cm³/mol. The first-order valence-electron chi connectivity index (χ1n) is 15.1. The third kappa shape index (κ3) is 6.58. The van der Waals surface area contributed by atoms with E-state index in [9.17, 15) is 32.7 Å². The van der Waals surface area contributed by atoms with E-state index in [-0.39, 0.29) is 23.8 Å². The number of ether oxygens (including phenoxy) is 1. The van der Waals surface area contributed by atoms with Crippen molar-refractivity contribution in [3.05, 3.63) is 59.2 Å². The number of nitrogens with zero attached hydrogens (tertiary/aromatic N) is 3. The van der Waals surface area contributed by atoms with Gasteiger partial charge in [-0.25, -0.2) is 4.79 Å². The highest BCUT2D eigenvalue weighted by Crippen LogP contribution is 2.41. The van der Waals surface area contributed by atoms with Crippen LogP contribution in [0.3, 0.4) is 0 Å². The zero-order chi connectivity index (χ0) is 31.6. The quantitative estimate of drug-likeness (QED) is 0.485. The summed E-state index contributed by atoms with van der Waals surface area (Å²) >= 11 is 0. The molecule has 3 saturated heterocycles. The SMILES string of the molecule is CNC(=O)N1C[C@@H](C(=O)N2CCC(c3ccc(C(F)(F)F)cc3N3CCC(C(=O)O)CC3)CC2)[C@H](c2ccc(OC)cc2)C1. The van der Waals surface area contributed by atoms with Crippen molar-refractivity contribution in [3.63, 3.8) is 0 Å². The van der Waals surface area contributed by atoms with Crippen LogP contribution in [0.25, 0.3) is 0 Å². The number of hydrogen-bond acceptors (Lipinski definition) is 5. The number of likely N-dealkylation sites (tertiary alicyclic amines) is 2. The van der Waals surface area contributed by atoms with Gasteiger partial charge in [-0.05, 0) is 67.0 Å². The topological polar surface area (TPSA) is 102 Å². The van der Waals surface area contributed by atoms with Gasteiger partial charge in [0.1, 0.15) is 5.75 Å². The number of hydrogen-bond donors (Lipinski definition) is 2. The van der Waals surface area contributed by atoms with E-state index in [2.05, 4.69) is 5.32 Å². The first kappa shape index (κ1) is 31.5. The maximum Gasteiger partial charge on any atom is 0.416 e. The number of urea groups is 1. The first-order valence-corrected chi connectivity index (χ1v) is 15.1. The fraction of sp³-hybridized carbons (Fsp3) is 0.531. The van der Waals surface area contributed by atoms with Gasteiger partial charge >= 0.3 is 18.2 Å². The van der Waals surface area contributed by atoms with Gasteiger partial charge in [0.25, 0.3) is 0 Å². The Labute approximate surface area is 254 Å². The normalized spacial score (nSPS) is 21.8. The number of carboxylic acids is 1. The molecule has 9 nitrogen and oxygen atoms in total. The molecule has 3 fully saturated rings. The van der Waals surface area contributed by atoms with Crippen LogP contribution in [0.4, 0.5) is 23.7 Å². The third-order valence-corrected chi connectivity index (χ3v) is 9.47. The van der Waals surface area contributed by atoms with E-state index in [0.717, 1.165) is 17.2 Å². The zero-order valence-corrected chi connectivity index (χ0v) is 25.0. The Balaban J connectivity index is 1.32. The fourth-order valence-corrected chi connectivity index (χ4v) is 6.92. The van der Waals surface area contributed by atoms with E-state index in [0.29, 0.717) is 76.4 Å². The lowest BCUT2D eigenvalue weighted by Crippen LogP contribution is -2.44. The largest absolute Gasteiger partial charge is 0.497 e. The monoisotopic (exact) mass is 616 g/mol. The van der Waals surface area contributed by atoms with Crippen molar-refractivity contribution in [1.29, 1.82) is 0 Å². The maximum absolute atomic E-state index is 13.9. The van der Waals surface area contributed by atoms with Crippen LogP contribution < -0.4 is 15.0 Å². The molecule has 0 radical (unpaired) electrons. The van der Waals surface area contributed by atoms with Gasteiger partial charge in [-0.2, -0.15) is 13.2 Å². The molecular formula is C32H39F3N4O5. The van der Waals surface area contributed by atoms with Gasteiger partial charge in [0, 0.05) is 57.9 Å². The van der Waals surface area contributed by atoms with Crippen LogP contribution in [0.2, 0.25) is 0 Å². The number of amides is 3. The fourth-order valence-electron chi connectivity index (χ4n) is 6.92. The number of piperidine rings is 2. The lowest BCUT2D eigenvalue weighted by atomic mass is 9.84. The highest BCUT2D eigenvalue weighted by Gasteiger charge is 2.43. The van der Waals surface area contributed by atoms with E-state index in [1.54, 1.807) is 25.1 Å². The summed E-state index contributed by atoms with van der Waals surface area (Å²) in [6.07, 6.45) is -2.56. The number of rotatable bonds is 6. The molecule has 12 heteroatoms. The van der Waals surface area contributed by atoms with E-state index in [1.807, 2.05) is 34.1 Å². The van der Waals surface area contributed by atoms with E-state index >= 15 is 0 Å². The molecule has 3 aliphatic heterocycles. The van der Waals surface area contributed by atoms with Crippen molar-refractivity contribution in [2.45, 2.75) is 43.7 Å². The maximum atomic E-state index is 13.9. The van der Waals surface area contributed by atoms with Gasteiger partial charge in [-0.3, -0.25) is 9.59 Å². The van der Waals surface area contributed by atoms with Crippen LogP contribution in [0, 0.1) is 11.8 Å². The first-order chi connectivity index (χ1) is 21.0. The molecule has 0 saturated carbocycles. The number of aliphatic carboxylic acids is 1. The number of carbonyl (C=O) groups excluding carboxylic acids is 2. The Hall–Kier alpha value is -3.96. The van der Waals surface area contributed by atoms with Crippen molar-refractivity contribution in [2.24, 2.45) is 11.8 Å². The van der Waals surface area contributed by atoms with Crippen LogP contribution in [0.1, 0.15) is 54.2 Å². The highest BCUT2D eigenvalue weighted by molar-refractivity contribution is 5.83. The Morgan fingerprint density at radius 2 is 1.57 bits per heavy atom. The van der Waals surface area contributed by atoms with Crippen LogP contribution >= 0.6 is 0 Å². The summed E-state index contributed by atoms with van der Waals surface area (Å²) in [4.78, 5) is 43.2. The second-order valence-corrected chi connectivity index (χ2v) is 11.9. The molecule has 0 spiro atoms. The second-order valence-electron chi connectivity index (χ2n) is 11.9. The lowest BCUT2D eigenvalue weighted by Gasteiger charge is -2.38. The minimum atomic E-state index is -4.49. The molecule has 2 aromatic carbocycles. The number of methoxy groups -OCH3 is 1. The van der Waals surface area contributed by atoms with Crippen molar-refractivity contribution in [1.82, 2.24) is 15.1 Å². The highest BCUT2D eigenvalue weighted by atomic mass is 19.4. The standard InChI is InChI=1S/C32H39F3N4O5/c1-36-31(43)39-18-26(20-3-6-24(44-2)7-4-20)27(19-39)29(40)38-15-9-21(10-16-38)25-8-5-23(32(33,34)35)17-28(25)37-13-11-22(12-14-37)30(41)42/h3-8,17,21-22,26-27H,9-16,18-19H2,1-2H3,(H,36,43)(H,41,42)/t26-,27+/m0/s1. The Bertz CT molecular complexity index is 1350. The number of carbonyl (C=O) groups is 3. The molecule has 2 aromatic rings. The summed E-state index contributed by atoms with van der Waals surface area (Å²) < 4.78 is 46.3. The number of alkyl halides is 3. The van der Waals surface area contributed by atoms with Gasteiger partial charge in [-0.15, -0.1) is 0 Å². The molecule has 238 valence electrons. The average molecular weight is 617 g/mol. The molecule has 5 rings (SSSR count). The van der Waals surface area contributed by atoms with Crippen LogP contribution in [0.5, 0.6) is 5.75 Å². The number of benzene rings is 2. The van der Waals surface area contributed by atoms with E-state index in [4.69, 9.17) is 4.74 Å². The molecule has 3 aliphatic rings. The second kappa shape index (κ2) is 13.0. The number of anilines is 1. The van der Waals surface area contributed by atoms with Crippen molar-refractivity contribution in [3.8, 4) is 5.75 Å².